The Balaban J connectivity index is 2.03. The number of nitro groups is 1. The van der Waals surface area contributed by atoms with E-state index >= 15 is 0 Å². The van der Waals surface area contributed by atoms with E-state index in [4.69, 9.17) is 0 Å². The van der Waals surface area contributed by atoms with E-state index in [-0.39, 0.29) is 10.6 Å². The molecule has 0 bridgehead atoms. The fourth-order valence-corrected chi connectivity index (χ4v) is 2.54. The van der Waals surface area contributed by atoms with Gasteiger partial charge in [-0.1, -0.05) is 12.1 Å². The number of hydrogen-bond donors (Lipinski definition) is 1. The third kappa shape index (κ3) is 3.29. The Bertz CT molecular complexity index is 595. The van der Waals surface area contributed by atoms with Crippen molar-refractivity contribution >= 4 is 22.7 Å². The Kier molecular flexibility index (Phi) is 4.11. The summed E-state index contributed by atoms with van der Waals surface area (Å²) in [7, 11) is 0. The van der Waals surface area contributed by atoms with Crippen molar-refractivity contribution in [2.75, 3.05) is 11.9 Å². The molecule has 0 amide bonds. The van der Waals surface area contributed by atoms with Crippen molar-refractivity contribution in [3.05, 3.63) is 50.0 Å². The van der Waals surface area contributed by atoms with Crippen LogP contribution in [0, 0.1) is 24.0 Å². The van der Waals surface area contributed by atoms with Crippen molar-refractivity contribution in [3.63, 3.8) is 0 Å². The molecule has 0 atom stereocenters. The Hall–Kier alpha value is -1.95. The summed E-state index contributed by atoms with van der Waals surface area (Å²) in [5.41, 5.74) is 2.40. The average Bonchev–Trinajstić information content (AvgIpc) is 2.74. The summed E-state index contributed by atoms with van der Waals surface area (Å²) in [5, 5.41) is 17.2. The van der Waals surface area contributed by atoms with Crippen molar-refractivity contribution < 1.29 is 4.92 Å². The van der Waals surface area contributed by atoms with Crippen molar-refractivity contribution in [2.24, 2.45) is 0 Å². The van der Waals surface area contributed by atoms with E-state index in [1.165, 1.54) is 0 Å². The number of rotatable bonds is 5. The second-order valence-electron chi connectivity index (χ2n) is 4.26. The molecule has 1 N–H and O–H groups in total. The third-order valence-electron chi connectivity index (χ3n) is 2.78. The first-order valence-corrected chi connectivity index (χ1v) is 6.85. The number of aromatic nitrogens is 1. The van der Waals surface area contributed by atoms with Gasteiger partial charge in [0.2, 0.25) is 0 Å². The van der Waals surface area contributed by atoms with Crippen molar-refractivity contribution in [3.8, 4) is 0 Å². The molecule has 0 spiro atoms. The van der Waals surface area contributed by atoms with Gasteiger partial charge in [0, 0.05) is 23.9 Å². The van der Waals surface area contributed by atoms with Crippen LogP contribution >= 0.6 is 11.3 Å². The van der Waals surface area contributed by atoms with Gasteiger partial charge in [-0.15, -0.1) is 11.3 Å². The molecular formula is C13H15N3O2S. The van der Waals surface area contributed by atoms with E-state index in [1.807, 2.05) is 18.4 Å². The fraction of sp³-hybridized carbons (Fsp3) is 0.308. The molecule has 1 aromatic heterocycles. The minimum atomic E-state index is -0.343. The summed E-state index contributed by atoms with van der Waals surface area (Å²) in [6, 6.07) is 5.29. The lowest BCUT2D eigenvalue weighted by atomic mass is 10.1. The van der Waals surface area contributed by atoms with Gasteiger partial charge in [0.1, 0.15) is 5.69 Å². The Morgan fingerprint density at radius 2 is 2.21 bits per heavy atom. The zero-order valence-corrected chi connectivity index (χ0v) is 11.7. The standard InChI is InChI=1S/C13H15N3O2S/c1-9-4-3-5-12(13(9)16(17)18)14-7-6-11-8-19-10(2)15-11/h3-5,8,14H,6-7H2,1-2H3. The van der Waals surface area contributed by atoms with Crippen LogP contribution in [0.1, 0.15) is 16.3 Å². The topological polar surface area (TPSA) is 68.1 Å². The summed E-state index contributed by atoms with van der Waals surface area (Å²) in [4.78, 5) is 15.1. The van der Waals surface area contributed by atoms with Gasteiger partial charge < -0.3 is 5.32 Å². The van der Waals surface area contributed by atoms with Crippen molar-refractivity contribution in [1.29, 1.82) is 0 Å². The van der Waals surface area contributed by atoms with Gasteiger partial charge >= 0.3 is 0 Å². The summed E-state index contributed by atoms with van der Waals surface area (Å²) < 4.78 is 0. The second kappa shape index (κ2) is 5.79. The maximum Gasteiger partial charge on any atom is 0.295 e. The molecule has 0 aliphatic rings. The fourth-order valence-electron chi connectivity index (χ4n) is 1.89. The maximum absolute atomic E-state index is 11.0. The van der Waals surface area contributed by atoms with Crippen LogP contribution in [0.5, 0.6) is 0 Å². The number of aryl methyl sites for hydroxylation is 2. The SMILES string of the molecule is Cc1nc(CCNc2cccc(C)c2[N+](=O)[O-])cs1. The molecule has 19 heavy (non-hydrogen) atoms. The molecule has 0 fully saturated rings. The lowest BCUT2D eigenvalue weighted by molar-refractivity contribution is -0.384. The molecule has 2 aromatic rings. The summed E-state index contributed by atoms with van der Waals surface area (Å²) in [6.07, 6.45) is 0.759. The van der Waals surface area contributed by atoms with E-state index < -0.39 is 0 Å². The molecule has 100 valence electrons. The first-order chi connectivity index (χ1) is 9.08. The highest BCUT2D eigenvalue weighted by Gasteiger charge is 2.16. The molecule has 0 aliphatic carbocycles. The van der Waals surface area contributed by atoms with Crippen LogP contribution in [0.4, 0.5) is 11.4 Å². The number of nitro benzene ring substituents is 1. The number of nitrogens with one attached hydrogen (secondary N) is 1. The van der Waals surface area contributed by atoms with E-state index in [0.29, 0.717) is 17.8 Å². The molecule has 1 aromatic carbocycles. The largest absolute Gasteiger partial charge is 0.379 e. The molecule has 0 radical (unpaired) electrons. The maximum atomic E-state index is 11.0. The van der Waals surface area contributed by atoms with E-state index in [1.54, 1.807) is 30.4 Å². The Morgan fingerprint density at radius 1 is 1.42 bits per heavy atom. The number of thiazole rings is 1. The first kappa shape index (κ1) is 13.5. The third-order valence-corrected chi connectivity index (χ3v) is 3.61. The van der Waals surface area contributed by atoms with Crippen LogP contribution in [0.15, 0.2) is 23.6 Å². The van der Waals surface area contributed by atoms with Crippen LogP contribution in [0.2, 0.25) is 0 Å². The smallest absolute Gasteiger partial charge is 0.295 e. The van der Waals surface area contributed by atoms with Gasteiger partial charge in [-0.2, -0.15) is 0 Å². The monoisotopic (exact) mass is 277 g/mol. The highest BCUT2D eigenvalue weighted by atomic mass is 32.1. The minimum absolute atomic E-state index is 0.150. The lowest BCUT2D eigenvalue weighted by Crippen LogP contribution is -2.07. The van der Waals surface area contributed by atoms with E-state index in [9.17, 15) is 10.1 Å². The summed E-state index contributed by atoms with van der Waals surface area (Å²) in [6.45, 7) is 4.34. The Labute approximate surface area is 115 Å². The first-order valence-electron chi connectivity index (χ1n) is 5.97. The second-order valence-corrected chi connectivity index (χ2v) is 5.33. The highest BCUT2D eigenvalue weighted by molar-refractivity contribution is 7.09. The molecule has 6 heteroatoms. The molecule has 0 aliphatic heterocycles. The van der Waals surface area contributed by atoms with E-state index in [2.05, 4.69) is 10.3 Å². The van der Waals surface area contributed by atoms with Gasteiger partial charge in [-0.25, -0.2) is 4.98 Å². The van der Waals surface area contributed by atoms with Gasteiger partial charge in [0.05, 0.1) is 15.6 Å². The highest BCUT2D eigenvalue weighted by Crippen LogP contribution is 2.27. The van der Waals surface area contributed by atoms with Crippen molar-refractivity contribution in [2.45, 2.75) is 20.3 Å². The van der Waals surface area contributed by atoms with Gasteiger partial charge in [0.15, 0.2) is 0 Å². The molecule has 2 rings (SSSR count). The number of hydrogen-bond acceptors (Lipinski definition) is 5. The number of para-hydroxylation sites is 1. The molecule has 5 nitrogen and oxygen atoms in total. The van der Waals surface area contributed by atoms with Crippen LogP contribution < -0.4 is 5.32 Å². The summed E-state index contributed by atoms with van der Waals surface area (Å²) in [5.74, 6) is 0. The number of nitrogens with zero attached hydrogens (tertiary/aromatic N) is 2. The molecule has 0 unspecified atom stereocenters. The zero-order chi connectivity index (χ0) is 13.8. The lowest BCUT2D eigenvalue weighted by Gasteiger charge is -2.07. The molecule has 0 saturated heterocycles. The molecule has 1 heterocycles. The quantitative estimate of drug-likeness (QED) is 0.672. The Morgan fingerprint density at radius 3 is 2.84 bits per heavy atom. The summed E-state index contributed by atoms with van der Waals surface area (Å²) >= 11 is 1.61. The van der Waals surface area contributed by atoms with Crippen LogP contribution in [-0.2, 0) is 6.42 Å². The number of anilines is 1. The van der Waals surface area contributed by atoms with Gasteiger partial charge in [-0.05, 0) is 19.9 Å². The number of benzene rings is 1. The molecular weight excluding hydrogens is 262 g/mol. The van der Waals surface area contributed by atoms with Crippen LogP contribution in [-0.4, -0.2) is 16.5 Å². The zero-order valence-electron chi connectivity index (χ0n) is 10.8. The van der Waals surface area contributed by atoms with Crippen LogP contribution in [0.3, 0.4) is 0 Å². The van der Waals surface area contributed by atoms with Gasteiger partial charge in [0.25, 0.3) is 5.69 Å². The van der Waals surface area contributed by atoms with Crippen molar-refractivity contribution in [1.82, 2.24) is 4.98 Å². The predicted molar refractivity (Wildman–Crippen MR) is 76.9 cm³/mol. The average molecular weight is 277 g/mol. The van der Waals surface area contributed by atoms with Crippen LogP contribution in [0.25, 0.3) is 0 Å². The predicted octanol–water partition coefficient (Wildman–Crippen LogP) is 3.32. The normalized spacial score (nSPS) is 10.4. The van der Waals surface area contributed by atoms with E-state index in [0.717, 1.165) is 17.1 Å². The van der Waals surface area contributed by atoms with Gasteiger partial charge in [-0.3, -0.25) is 10.1 Å². The minimum Gasteiger partial charge on any atom is -0.379 e. The molecule has 0 saturated carbocycles.